The predicted molar refractivity (Wildman–Crippen MR) is 116 cm³/mol. The number of carbonyl (C=O) groups excluding carboxylic acids is 1. The van der Waals surface area contributed by atoms with E-state index >= 15 is 0 Å². The Morgan fingerprint density at radius 2 is 1.87 bits per heavy atom. The van der Waals surface area contributed by atoms with E-state index in [0.29, 0.717) is 26.2 Å². The summed E-state index contributed by atoms with van der Waals surface area (Å²) in [6.45, 7) is 7.98. The largest absolute Gasteiger partial charge is 0.460 e. The first-order valence-corrected chi connectivity index (χ1v) is 10.1. The molecule has 0 radical (unpaired) electrons. The molecule has 0 spiro atoms. The lowest BCUT2D eigenvalue weighted by Gasteiger charge is -2.35. The van der Waals surface area contributed by atoms with Crippen molar-refractivity contribution in [3.8, 4) is 0 Å². The Morgan fingerprint density at radius 3 is 2.48 bits per heavy atom. The van der Waals surface area contributed by atoms with E-state index in [-0.39, 0.29) is 36.3 Å². The minimum atomic E-state index is -0.581. The molecule has 11 nitrogen and oxygen atoms in total. The molecule has 166 valence electrons. The number of hydrogen-bond acceptors (Lipinski definition) is 10. The highest BCUT2D eigenvalue weighted by atomic mass is 16.6. The number of piperazine rings is 1. The van der Waals surface area contributed by atoms with Crippen LogP contribution in [0.3, 0.4) is 0 Å². The van der Waals surface area contributed by atoms with Gasteiger partial charge in [0.05, 0.1) is 11.3 Å². The molecular formula is C20H27N7O4. The lowest BCUT2D eigenvalue weighted by atomic mass is 10.2. The number of carbonyl (C=O) groups is 1. The lowest BCUT2D eigenvalue weighted by Crippen LogP contribution is -2.47. The minimum absolute atomic E-state index is 0.0660. The zero-order valence-corrected chi connectivity index (χ0v) is 17.9. The van der Waals surface area contributed by atoms with Crippen molar-refractivity contribution in [2.45, 2.75) is 32.8 Å². The molecule has 3 rings (SSSR count). The van der Waals surface area contributed by atoms with E-state index in [4.69, 9.17) is 4.74 Å². The molecule has 0 aliphatic carbocycles. The van der Waals surface area contributed by atoms with E-state index < -0.39 is 10.5 Å². The fraction of sp³-hybridized carbons (Fsp3) is 0.500. The Balaban J connectivity index is 1.66. The van der Waals surface area contributed by atoms with Gasteiger partial charge in [0.25, 0.3) is 0 Å². The standard InChI is InChI=1S/C20H27N7O4/c1-20(2,3)31-16(28)7-9-22-18-17(27(29)30)19(24-14-23-18)26-12-10-25(11-13-26)15-6-4-5-8-21-15/h4-6,8,14H,7,9-13H2,1-3H3,(H,22,23,24). The van der Waals surface area contributed by atoms with Gasteiger partial charge in [-0.25, -0.2) is 15.0 Å². The van der Waals surface area contributed by atoms with E-state index in [0.717, 1.165) is 5.82 Å². The molecule has 1 fully saturated rings. The number of aromatic nitrogens is 3. The van der Waals surface area contributed by atoms with Crippen LogP contribution < -0.4 is 15.1 Å². The first kappa shape index (κ1) is 22.2. The number of hydrogen-bond donors (Lipinski definition) is 1. The zero-order valence-electron chi connectivity index (χ0n) is 17.9. The number of anilines is 3. The summed E-state index contributed by atoms with van der Waals surface area (Å²) in [6, 6.07) is 5.73. The van der Waals surface area contributed by atoms with Crippen molar-refractivity contribution in [3.05, 3.63) is 40.8 Å². The van der Waals surface area contributed by atoms with Crippen molar-refractivity contribution in [1.29, 1.82) is 0 Å². The SMILES string of the molecule is CC(C)(C)OC(=O)CCNc1ncnc(N2CCN(c3ccccn3)CC2)c1[N+](=O)[O-]. The first-order chi connectivity index (χ1) is 14.7. The number of ether oxygens (including phenoxy) is 1. The summed E-state index contributed by atoms with van der Waals surface area (Å²) in [5.74, 6) is 0.845. The number of nitro groups is 1. The van der Waals surface area contributed by atoms with Crippen molar-refractivity contribution in [3.63, 3.8) is 0 Å². The van der Waals surface area contributed by atoms with Gasteiger partial charge in [0, 0.05) is 38.9 Å². The monoisotopic (exact) mass is 429 g/mol. The molecule has 1 N–H and O–H groups in total. The average molecular weight is 429 g/mol. The summed E-state index contributed by atoms with van der Waals surface area (Å²) < 4.78 is 5.26. The molecule has 11 heteroatoms. The number of nitrogens with zero attached hydrogens (tertiary/aromatic N) is 6. The van der Waals surface area contributed by atoms with Crippen LogP contribution in [-0.4, -0.2) is 64.2 Å². The zero-order chi connectivity index (χ0) is 22.4. The van der Waals surface area contributed by atoms with Crippen LogP contribution in [0.2, 0.25) is 0 Å². The smallest absolute Gasteiger partial charge is 0.353 e. The van der Waals surface area contributed by atoms with Gasteiger partial charge in [-0.05, 0) is 32.9 Å². The Labute approximate surface area is 180 Å². The molecule has 1 aliphatic heterocycles. The molecular weight excluding hydrogens is 402 g/mol. The molecule has 1 aliphatic rings. The van der Waals surface area contributed by atoms with Crippen molar-refractivity contribution < 1.29 is 14.5 Å². The summed E-state index contributed by atoms with van der Waals surface area (Å²) >= 11 is 0. The van der Waals surface area contributed by atoms with Gasteiger partial charge in [-0.15, -0.1) is 0 Å². The maximum Gasteiger partial charge on any atom is 0.353 e. The van der Waals surface area contributed by atoms with Crippen molar-refractivity contribution >= 4 is 29.1 Å². The normalized spacial score (nSPS) is 14.3. The molecule has 0 aromatic carbocycles. The fourth-order valence-corrected chi connectivity index (χ4v) is 3.26. The highest BCUT2D eigenvalue weighted by Crippen LogP contribution is 2.32. The maximum absolute atomic E-state index is 11.9. The second-order valence-electron chi connectivity index (χ2n) is 8.08. The van der Waals surface area contributed by atoms with E-state index in [1.165, 1.54) is 6.33 Å². The highest BCUT2D eigenvalue weighted by molar-refractivity contribution is 5.73. The van der Waals surface area contributed by atoms with Crippen molar-refractivity contribution in [2.24, 2.45) is 0 Å². The Bertz CT molecular complexity index is 909. The molecule has 0 unspecified atom stereocenters. The second kappa shape index (κ2) is 9.54. The number of pyridine rings is 1. The third kappa shape index (κ3) is 6.00. The summed E-state index contributed by atoms with van der Waals surface area (Å²) in [5, 5.41) is 14.7. The average Bonchev–Trinajstić information content (AvgIpc) is 2.73. The Morgan fingerprint density at radius 1 is 1.16 bits per heavy atom. The van der Waals surface area contributed by atoms with Gasteiger partial charge in [-0.3, -0.25) is 14.9 Å². The number of esters is 1. The molecule has 0 atom stereocenters. The summed E-state index contributed by atoms with van der Waals surface area (Å²) in [4.78, 5) is 39.8. The number of rotatable bonds is 7. The molecule has 0 saturated carbocycles. The van der Waals surface area contributed by atoms with Crippen LogP contribution in [0.15, 0.2) is 30.7 Å². The third-order valence-electron chi connectivity index (χ3n) is 4.58. The summed E-state index contributed by atoms with van der Waals surface area (Å²) in [7, 11) is 0. The van der Waals surface area contributed by atoms with Gasteiger partial charge in [0.15, 0.2) is 0 Å². The van der Waals surface area contributed by atoms with Gasteiger partial charge in [0.1, 0.15) is 17.7 Å². The fourth-order valence-electron chi connectivity index (χ4n) is 3.26. The molecule has 0 bridgehead atoms. The van der Waals surface area contributed by atoms with Gasteiger partial charge in [-0.1, -0.05) is 6.07 Å². The van der Waals surface area contributed by atoms with Gasteiger partial charge >= 0.3 is 11.7 Å². The maximum atomic E-state index is 11.9. The number of nitrogens with one attached hydrogen (secondary N) is 1. The molecule has 1 saturated heterocycles. The van der Waals surface area contributed by atoms with Crippen LogP contribution in [0.4, 0.5) is 23.1 Å². The molecule has 31 heavy (non-hydrogen) atoms. The second-order valence-corrected chi connectivity index (χ2v) is 8.08. The van der Waals surface area contributed by atoms with Gasteiger partial charge < -0.3 is 19.9 Å². The molecule has 2 aromatic heterocycles. The third-order valence-corrected chi connectivity index (χ3v) is 4.58. The quantitative estimate of drug-likeness (QED) is 0.398. The van der Waals surface area contributed by atoms with Crippen LogP contribution >= 0.6 is 0 Å². The van der Waals surface area contributed by atoms with Gasteiger partial charge in [0.2, 0.25) is 11.6 Å². The van der Waals surface area contributed by atoms with E-state index in [1.807, 2.05) is 23.1 Å². The van der Waals surface area contributed by atoms with E-state index in [2.05, 4.69) is 25.2 Å². The van der Waals surface area contributed by atoms with E-state index in [1.54, 1.807) is 27.0 Å². The van der Waals surface area contributed by atoms with Crippen LogP contribution in [0.25, 0.3) is 0 Å². The predicted octanol–water partition coefficient (Wildman–Crippen LogP) is 2.25. The lowest BCUT2D eigenvalue weighted by molar-refractivity contribution is -0.383. The van der Waals surface area contributed by atoms with Crippen molar-refractivity contribution in [1.82, 2.24) is 15.0 Å². The Kier molecular flexibility index (Phi) is 6.83. The van der Waals surface area contributed by atoms with Crippen molar-refractivity contribution in [2.75, 3.05) is 47.8 Å². The summed E-state index contributed by atoms with van der Waals surface area (Å²) in [6.07, 6.45) is 3.10. The van der Waals surface area contributed by atoms with Crippen LogP contribution in [0.1, 0.15) is 27.2 Å². The summed E-state index contributed by atoms with van der Waals surface area (Å²) in [5.41, 5.74) is -0.777. The molecule has 0 amide bonds. The minimum Gasteiger partial charge on any atom is -0.460 e. The highest BCUT2D eigenvalue weighted by Gasteiger charge is 2.29. The molecule has 3 heterocycles. The van der Waals surface area contributed by atoms with Crippen LogP contribution in [0, 0.1) is 10.1 Å². The molecule has 2 aromatic rings. The van der Waals surface area contributed by atoms with Crippen LogP contribution in [0.5, 0.6) is 0 Å². The van der Waals surface area contributed by atoms with Crippen LogP contribution in [-0.2, 0) is 9.53 Å². The van der Waals surface area contributed by atoms with Gasteiger partial charge in [-0.2, -0.15) is 0 Å². The van der Waals surface area contributed by atoms with E-state index in [9.17, 15) is 14.9 Å². The Hall–Kier alpha value is -3.50. The first-order valence-electron chi connectivity index (χ1n) is 10.1. The topological polar surface area (TPSA) is 127 Å².